The van der Waals surface area contributed by atoms with E-state index in [0.717, 1.165) is 18.5 Å². The molecule has 0 saturated heterocycles. The lowest BCUT2D eigenvalue weighted by molar-refractivity contribution is -0.176. The lowest BCUT2D eigenvalue weighted by atomic mass is 10.1. The molecular weight excluding hydrogens is 434 g/mol. The van der Waals surface area contributed by atoms with Gasteiger partial charge >= 0.3 is 6.18 Å². The second kappa shape index (κ2) is 11.5. The van der Waals surface area contributed by atoms with Crippen LogP contribution in [0.4, 0.5) is 13.2 Å². The zero-order chi connectivity index (χ0) is 17.3. The lowest BCUT2D eigenvalue weighted by Gasteiger charge is -2.08. The number of aliphatic imine (C=N–C) groups is 1. The maximum absolute atomic E-state index is 12.0. The Morgan fingerprint density at radius 3 is 2.33 bits per heavy atom. The zero-order valence-corrected chi connectivity index (χ0v) is 16.2. The van der Waals surface area contributed by atoms with E-state index in [0.29, 0.717) is 24.0 Å². The van der Waals surface area contributed by atoms with Crippen molar-refractivity contribution in [2.45, 2.75) is 39.6 Å². The highest BCUT2D eigenvalue weighted by Crippen LogP contribution is 2.16. The van der Waals surface area contributed by atoms with Crippen molar-refractivity contribution in [1.29, 1.82) is 0 Å². The molecule has 24 heavy (non-hydrogen) atoms. The Labute approximate surface area is 158 Å². The van der Waals surface area contributed by atoms with Gasteiger partial charge in [0.25, 0.3) is 0 Å². The maximum atomic E-state index is 12.0. The van der Waals surface area contributed by atoms with Crippen LogP contribution in [0.1, 0.15) is 31.4 Å². The number of benzene rings is 1. The Morgan fingerprint density at radius 2 is 1.79 bits per heavy atom. The number of nitrogens with zero attached hydrogens (tertiary/aromatic N) is 1. The highest BCUT2D eigenvalue weighted by Gasteiger charge is 2.27. The number of rotatable bonds is 8. The van der Waals surface area contributed by atoms with Crippen LogP contribution in [-0.4, -0.2) is 25.3 Å². The average molecular weight is 459 g/mol. The molecule has 0 aromatic heterocycles. The van der Waals surface area contributed by atoms with E-state index in [-0.39, 0.29) is 30.6 Å². The summed E-state index contributed by atoms with van der Waals surface area (Å²) >= 11 is 0. The molecule has 0 heterocycles. The first-order valence-corrected chi connectivity index (χ1v) is 7.52. The van der Waals surface area contributed by atoms with Gasteiger partial charge in [-0.15, -0.1) is 24.0 Å². The normalized spacial score (nSPS) is 12.2. The van der Waals surface area contributed by atoms with E-state index in [4.69, 9.17) is 5.73 Å². The Hall–Kier alpha value is -1.03. The van der Waals surface area contributed by atoms with Gasteiger partial charge in [-0.3, -0.25) is 0 Å². The third-order valence-electron chi connectivity index (χ3n) is 3.02. The maximum Gasteiger partial charge on any atom is 0.411 e. The number of nitrogens with two attached hydrogens (primary N) is 1. The molecule has 0 aliphatic carbocycles. The van der Waals surface area contributed by atoms with Crippen molar-refractivity contribution in [3.8, 4) is 0 Å². The van der Waals surface area contributed by atoms with E-state index in [9.17, 15) is 13.2 Å². The van der Waals surface area contributed by atoms with Gasteiger partial charge in [0.1, 0.15) is 6.61 Å². The fourth-order valence-electron chi connectivity index (χ4n) is 1.75. The molecule has 0 fully saturated rings. The molecule has 0 unspecified atom stereocenters. The van der Waals surface area contributed by atoms with E-state index in [1.807, 2.05) is 0 Å². The van der Waals surface area contributed by atoms with E-state index in [1.54, 1.807) is 24.3 Å². The van der Waals surface area contributed by atoms with Gasteiger partial charge in [-0.05, 0) is 23.5 Å². The van der Waals surface area contributed by atoms with Crippen LogP contribution in [0.15, 0.2) is 29.3 Å². The Bertz CT molecular complexity index is 490. The molecule has 4 nitrogen and oxygen atoms in total. The van der Waals surface area contributed by atoms with E-state index in [2.05, 4.69) is 28.9 Å². The van der Waals surface area contributed by atoms with E-state index < -0.39 is 12.8 Å². The highest BCUT2D eigenvalue weighted by molar-refractivity contribution is 14.0. The number of nitrogens with one attached hydrogen (secondary N) is 1. The van der Waals surface area contributed by atoms with Crippen LogP contribution in [-0.2, 0) is 17.9 Å². The van der Waals surface area contributed by atoms with Crippen molar-refractivity contribution in [2.75, 3.05) is 13.2 Å². The summed E-state index contributed by atoms with van der Waals surface area (Å²) in [6.07, 6.45) is -3.28. The summed E-state index contributed by atoms with van der Waals surface area (Å²) in [5.41, 5.74) is 7.37. The molecule has 0 amide bonds. The van der Waals surface area contributed by atoms with Crippen LogP contribution >= 0.6 is 24.0 Å². The molecule has 0 atom stereocenters. The predicted molar refractivity (Wildman–Crippen MR) is 100 cm³/mol. The van der Waals surface area contributed by atoms with Crippen molar-refractivity contribution in [2.24, 2.45) is 16.6 Å². The van der Waals surface area contributed by atoms with Gasteiger partial charge in [0.2, 0.25) is 0 Å². The molecule has 1 rings (SSSR count). The minimum absolute atomic E-state index is 0. The average Bonchev–Trinajstić information content (AvgIpc) is 2.45. The monoisotopic (exact) mass is 459 g/mol. The van der Waals surface area contributed by atoms with Crippen LogP contribution in [0.3, 0.4) is 0 Å². The summed E-state index contributed by atoms with van der Waals surface area (Å²) in [6, 6.07) is 7.06. The van der Waals surface area contributed by atoms with Gasteiger partial charge in [-0.25, -0.2) is 4.99 Å². The second-order valence-electron chi connectivity index (χ2n) is 5.74. The van der Waals surface area contributed by atoms with E-state index in [1.165, 1.54) is 0 Å². The van der Waals surface area contributed by atoms with E-state index >= 15 is 0 Å². The summed E-state index contributed by atoms with van der Waals surface area (Å²) in [7, 11) is 0. The Morgan fingerprint density at radius 1 is 1.21 bits per heavy atom. The largest absolute Gasteiger partial charge is 0.411 e. The summed E-state index contributed by atoms with van der Waals surface area (Å²) in [4.78, 5) is 4.22. The topological polar surface area (TPSA) is 59.6 Å². The SMILES string of the molecule is CC(C)CCNC(N)=NCc1ccc(COCC(F)(F)F)cc1.I. The van der Waals surface area contributed by atoms with Gasteiger partial charge in [0, 0.05) is 6.54 Å². The van der Waals surface area contributed by atoms with Gasteiger partial charge in [0.15, 0.2) is 5.96 Å². The number of guanidine groups is 1. The molecule has 3 N–H and O–H groups in total. The first-order valence-electron chi connectivity index (χ1n) is 7.52. The van der Waals surface area contributed by atoms with Crippen LogP contribution in [0.5, 0.6) is 0 Å². The molecular formula is C16H25F3IN3O. The lowest BCUT2D eigenvalue weighted by Crippen LogP contribution is -2.32. The summed E-state index contributed by atoms with van der Waals surface area (Å²) in [6.45, 7) is 4.16. The fourth-order valence-corrected chi connectivity index (χ4v) is 1.75. The minimum Gasteiger partial charge on any atom is -0.370 e. The number of halogens is 4. The number of ether oxygens (including phenoxy) is 1. The number of alkyl halides is 3. The molecule has 1 aromatic carbocycles. The van der Waals surface area contributed by atoms with Gasteiger partial charge in [-0.1, -0.05) is 38.1 Å². The molecule has 0 radical (unpaired) electrons. The quantitative estimate of drug-likeness (QED) is 0.353. The standard InChI is InChI=1S/C16H24F3N3O.HI/c1-12(2)7-8-21-15(20)22-9-13-3-5-14(6-4-13)10-23-11-16(17,18)19;/h3-6,12H,7-11H2,1-2H3,(H3,20,21,22);1H. The first kappa shape index (κ1) is 23.0. The number of hydrogen-bond donors (Lipinski definition) is 2. The van der Waals surface area contributed by atoms with Crippen molar-refractivity contribution in [1.82, 2.24) is 5.32 Å². The second-order valence-corrected chi connectivity index (χ2v) is 5.74. The van der Waals surface area contributed by atoms with Crippen LogP contribution in [0, 0.1) is 5.92 Å². The van der Waals surface area contributed by atoms with Gasteiger partial charge < -0.3 is 15.8 Å². The third-order valence-corrected chi connectivity index (χ3v) is 3.02. The molecule has 0 aliphatic rings. The predicted octanol–water partition coefficient (Wildman–Crippen LogP) is 3.83. The van der Waals surface area contributed by atoms with Crippen molar-refractivity contribution < 1.29 is 17.9 Å². The van der Waals surface area contributed by atoms with Crippen molar-refractivity contribution in [3.05, 3.63) is 35.4 Å². The van der Waals surface area contributed by atoms with Crippen molar-refractivity contribution >= 4 is 29.9 Å². The smallest absolute Gasteiger partial charge is 0.370 e. The minimum atomic E-state index is -4.30. The fraction of sp³-hybridized carbons (Fsp3) is 0.562. The van der Waals surface area contributed by atoms with Gasteiger partial charge in [-0.2, -0.15) is 13.2 Å². The van der Waals surface area contributed by atoms with Crippen LogP contribution in [0.25, 0.3) is 0 Å². The Kier molecular flexibility index (Phi) is 11.0. The molecule has 1 aromatic rings. The number of hydrogen-bond acceptors (Lipinski definition) is 2. The van der Waals surface area contributed by atoms with Crippen LogP contribution < -0.4 is 11.1 Å². The third kappa shape index (κ3) is 11.5. The first-order chi connectivity index (χ1) is 10.8. The highest BCUT2D eigenvalue weighted by atomic mass is 127. The van der Waals surface area contributed by atoms with Crippen LogP contribution in [0.2, 0.25) is 0 Å². The molecule has 0 spiro atoms. The van der Waals surface area contributed by atoms with Gasteiger partial charge in [0.05, 0.1) is 13.2 Å². The molecule has 0 bridgehead atoms. The summed E-state index contributed by atoms with van der Waals surface area (Å²) in [5, 5.41) is 3.04. The zero-order valence-electron chi connectivity index (χ0n) is 13.9. The summed E-state index contributed by atoms with van der Waals surface area (Å²) in [5.74, 6) is 0.991. The molecule has 0 saturated carbocycles. The molecule has 8 heteroatoms. The molecule has 138 valence electrons. The Balaban J connectivity index is 0.00000529. The van der Waals surface area contributed by atoms with Crippen molar-refractivity contribution in [3.63, 3.8) is 0 Å². The molecule has 0 aliphatic heterocycles. The summed E-state index contributed by atoms with van der Waals surface area (Å²) < 4.78 is 40.5.